The highest BCUT2D eigenvalue weighted by molar-refractivity contribution is 5.80. The molecule has 5 rings (SSSR count). The van der Waals surface area contributed by atoms with Crippen molar-refractivity contribution in [3.8, 4) is 22.3 Å². The predicted octanol–water partition coefficient (Wildman–Crippen LogP) is 10.5. The van der Waals surface area contributed by atoms with Crippen LogP contribution in [0.2, 0.25) is 0 Å². The van der Waals surface area contributed by atoms with Gasteiger partial charge >= 0.3 is 0 Å². The molecule has 4 aromatic rings. The van der Waals surface area contributed by atoms with Crippen LogP contribution in [0.4, 0.5) is 0 Å². The summed E-state index contributed by atoms with van der Waals surface area (Å²) in [7, 11) is 0. The second-order valence-corrected chi connectivity index (χ2v) is 11.9. The molecule has 35 heavy (non-hydrogen) atoms. The Kier molecular flexibility index (Phi) is 8.39. The van der Waals surface area contributed by atoms with Crippen molar-refractivity contribution in [2.24, 2.45) is 5.41 Å². The minimum Gasteiger partial charge on any atom is -0.0622 e. The summed E-state index contributed by atoms with van der Waals surface area (Å²) in [5, 5.41) is 0. The zero-order chi connectivity index (χ0) is 25.6. The number of benzene rings is 4. The monoisotopic (exact) mass is 462 g/mol. The lowest BCUT2D eigenvalue weighted by Crippen LogP contribution is -2.14. The molecule has 0 saturated heterocycles. The molecule has 0 bridgehead atoms. The lowest BCUT2D eigenvalue weighted by atomic mass is 9.82. The van der Waals surface area contributed by atoms with E-state index in [1.165, 1.54) is 38.9 Å². The molecule has 0 amide bonds. The van der Waals surface area contributed by atoms with Gasteiger partial charge in [-0.05, 0) is 50.3 Å². The molecule has 0 atom stereocenters. The van der Waals surface area contributed by atoms with E-state index in [4.69, 9.17) is 0 Å². The Morgan fingerprint density at radius 3 is 1.31 bits per heavy atom. The van der Waals surface area contributed by atoms with Crippen molar-refractivity contribution in [3.05, 3.63) is 120 Å². The van der Waals surface area contributed by atoms with Crippen LogP contribution in [0.15, 0.2) is 103 Å². The highest BCUT2D eigenvalue weighted by atomic mass is 14.4. The fraction of sp³-hybridized carbons (Fsp3) is 0.314. The van der Waals surface area contributed by atoms with E-state index in [-0.39, 0.29) is 5.41 Å². The molecule has 0 spiro atoms. The van der Waals surface area contributed by atoms with E-state index in [1.54, 1.807) is 0 Å². The largest absolute Gasteiger partial charge is 0.0622 e. The first-order chi connectivity index (χ1) is 16.5. The normalized spacial score (nSPS) is 13.1. The molecule has 0 saturated carbocycles. The molecule has 0 unspecified atom stereocenters. The fourth-order valence-electron chi connectivity index (χ4n) is 4.36. The minimum atomic E-state index is 0.160. The van der Waals surface area contributed by atoms with Gasteiger partial charge in [0.1, 0.15) is 0 Å². The molecule has 0 heteroatoms. The van der Waals surface area contributed by atoms with E-state index in [2.05, 4.69) is 152 Å². The Hall–Kier alpha value is -3.12. The highest BCUT2D eigenvalue weighted by Gasteiger charge is 2.34. The Labute approximate surface area is 214 Å². The Balaban J connectivity index is 0.000000165. The molecule has 0 aliphatic heterocycles. The van der Waals surface area contributed by atoms with Crippen LogP contribution in [0.3, 0.4) is 0 Å². The quantitative estimate of drug-likeness (QED) is 0.278. The number of fused-ring (bicyclic) bond motifs is 3. The van der Waals surface area contributed by atoms with Crippen LogP contribution in [0.5, 0.6) is 0 Å². The van der Waals surface area contributed by atoms with E-state index in [1.807, 2.05) is 6.07 Å². The number of hydrogen-bond acceptors (Lipinski definition) is 0. The van der Waals surface area contributed by atoms with Gasteiger partial charge in [0.25, 0.3) is 0 Å². The van der Waals surface area contributed by atoms with Gasteiger partial charge in [0, 0.05) is 5.41 Å². The lowest BCUT2D eigenvalue weighted by Gasteiger charge is -2.20. The summed E-state index contributed by atoms with van der Waals surface area (Å²) in [4.78, 5) is 0. The average molecular weight is 463 g/mol. The van der Waals surface area contributed by atoms with E-state index in [0.717, 1.165) is 0 Å². The van der Waals surface area contributed by atoms with Crippen LogP contribution in [0, 0.1) is 5.41 Å². The van der Waals surface area contributed by atoms with Crippen LogP contribution >= 0.6 is 0 Å². The summed E-state index contributed by atoms with van der Waals surface area (Å²) in [6.45, 7) is 17.8. The van der Waals surface area contributed by atoms with Crippen LogP contribution in [-0.4, -0.2) is 0 Å². The summed E-state index contributed by atoms with van der Waals surface area (Å²) >= 11 is 0. The number of rotatable bonds is 2. The maximum absolute atomic E-state index is 2.30. The Bertz CT molecular complexity index is 1150. The van der Waals surface area contributed by atoms with E-state index in [9.17, 15) is 0 Å². The molecule has 0 aromatic heterocycles. The van der Waals surface area contributed by atoms with Crippen LogP contribution in [-0.2, 0) is 5.41 Å². The molecule has 0 N–H and O–H groups in total. The second kappa shape index (κ2) is 11.1. The first-order valence-corrected chi connectivity index (χ1v) is 12.8. The fourth-order valence-corrected chi connectivity index (χ4v) is 4.36. The molecule has 4 aromatic carbocycles. The summed E-state index contributed by atoms with van der Waals surface area (Å²) in [5.74, 6) is 0.606. The molecule has 0 radical (unpaired) electrons. The maximum atomic E-state index is 2.30. The zero-order valence-electron chi connectivity index (χ0n) is 22.9. The smallest absolute Gasteiger partial charge is 0.0158 e. The average Bonchev–Trinajstić information content (AvgIpc) is 3.07. The van der Waals surface area contributed by atoms with Gasteiger partial charge in [-0.3, -0.25) is 0 Å². The number of hydrogen-bond donors (Lipinski definition) is 0. The summed E-state index contributed by atoms with van der Waals surface area (Å²) in [6.07, 6.45) is 0. The van der Waals surface area contributed by atoms with Crippen molar-refractivity contribution in [2.75, 3.05) is 0 Å². The Morgan fingerprint density at radius 1 is 0.514 bits per heavy atom. The first-order valence-electron chi connectivity index (χ1n) is 12.8. The zero-order valence-corrected chi connectivity index (χ0v) is 22.9. The molecular formula is C35H42. The molecule has 0 fully saturated rings. The molecule has 1 aliphatic rings. The topological polar surface area (TPSA) is 0 Å². The van der Waals surface area contributed by atoms with Gasteiger partial charge < -0.3 is 0 Å². The van der Waals surface area contributed by atoms with Crippen molar-refractivity contribution in [2.45, 2.75) is 66.7 Å². The predicted molar refractivity (Wildman–Crippen MR) is 155 cm³/mol. The SMILES string of the molecule is CC(C)(C)C.CC(C)c1ccc(-c2ccccc2)cc1.CC1(C)c2ccccc2-c2ccccc21. The standard InChI is InChI=1S/C15H14.C15H16.C5H12/c1-15(2)13-9-5-3-7-11(13)12-8-4-6-10-14(12)15;1-12(2)13-8-10-15(11-9-13)14-6-4-3-5-7-14;1-5(2,3)4/h3-10H,1-2H3;3-12H,1-2H3;1-4H3. The summed E-state index contributed by atoms with van der Waals surface area (Å²) in [5.41, 5.74) is 10.3. The van der Waals surface area contributed by atoms with Crippen molar-refractivity contribution in [3.63, 3.8) is 0 Å². The van der Waals surface area contributed by atoms with Crippen molar-refractivity contribution in [1.29, 1.82) is 0 Å². The van der Waals surface area contributed by atoms with Gasteiger partial charge in [-0.25, -0.2) is 0 Å². The van der Waals surface area contributed by atoms with Crippen molar-refractivity contribution < 1.29 is 0 Å². The minimum absolute atomic E-state index is 0.160. The van der Waals surface area contributed by atoms with Gasteiger partial charge in [-0.15, -0.1) is 0 Å². The van der Waals surface area contributed by atoms with Crippen LogP contribution in [0.1, 0.15) is 78.0 Å². The van der Waals surface area contributed by atoms with E-state index in [0.29, 0.717) is 11.3 Å². The first kappa shape index (κ1) is 26.5. The van der Waals surface area contributed by atoms with Crippen molar-refractivity contribution in [1.82, 2.24) is 0 Å². The molecule has 0 nitrogen and oxygen atoms in total. The van der Waals surface area contributed by atoms with Gasteiger partial charge in [0.2, 0.25) is 0 Å². The van der Waals surface area contributed by atoms with Crippen molar-refractivity contribution >= 4 is 0 Å². The third-order valence-corrected chi connectivity index (χ3v) is 6.18. The summed E-state index contributed by atoms with van der Waals surface area (Å²) in [6, 6.07) is 36.8. The van der Waals surface area contributed by atoms with Gasteiger partial charge in [-0.2, -0.15) is 0 Å². The van der Waals surface area contributed by atoms with Crippen LogP contribution < -0.4 is 0 Å². The second-order valence-electron chi connectivity index (χ2n) is 11.9. The van der Waals surface area contributed by atoms with Gasteiger partial charge in [0.05, 0.1) is 0 Å². The third kappa shape index (κ3) is 6.95. The lowest BCUT2D eigenvalue weighted by molar-refractivity contribution is 0.469. The van der Waals surface area contributed by atoms with Gasteiger partial charge in [0.15, 0.2) is 0 Å². The molecule has 182 valence electrons. The Morgan fingerprint density at radius 2 is 0.886 bits per heavy atom. The molecule has 1 aliphatic carbocycles. The van der Waals surface area contributed by atoms with E-state index < -0.39 is 0 Å². The van der Waals surface area contributed by atoms with Crippen LogP contribution in [0.25, 0.3) is 22.3 Å². The van der Waals surface area contributed by atoms with E-state index >= 15 is 0 Å². The van der Waals surface area contributed by atoms with Gasteiger partial charge in [-0.1, -0.05) is 159 Å². The third-order valence-electron chi connectivity index (χ3n) is 6.18. The summed E-state index contributed by atoms with van der Waals surface area (Å²) < 4.78 is 0. The maximum Gasteiger partial charge on any atom is 0.0158 e. The molecular weight excluding hydrogens is 420 g/mol. The molecule has 0 heterocycles. The highest BCUT2D eigenvalue weighted by Crippen LogP contribution is 2.47.